The number of Topliss-reactive ketones (excluding diaryl/α,β-unsaturated/α-hetero) is 1. The van der Waals surface area contributed by atoms with Crippen molar-refractivity contribution in [3.05, 3.63) is 64.8 Å². The molecule has 0 fully saturated rings. The number of nitrogens with one attached hydrogen (secondary N) is 1. The van der Waals surface area contributed by atoms with E-state index in [4.69, 9.17) is 4.74 Å². The van der Waals surface area contributed by atoms with Crippen LogP contribution in [0.25, 0.3) is 10.9 Å². The molecule has 3 rings (SSSR count). The lowest BCUT2D eigenvalue weighted by atomic mass is 9.94. The Kier molecular flexibility index (Phi) is 6.64. The van der Waals surface area contributed by atoms with Gasteiger partial charge >= 0.3 is 0 Å². The maximum atomic E-state index is 13.3. The molecular formula is C25H32N2O3. The van der Waals surface area contributed by atoms with Gasteiger partial charge in [0.15, 0.2) is 5.78 Å². The Balaban J connectivity index is 1.80. The summed E-state index contributed by atoms with van der Waals surface area (Å²) in [7, 11) is 3.65. The smallest absolute Gasteiger partial charge is 0.167 e. The number of benzene rings is 2. The van der Waals surface area contributed by atoms with Gasteiger partial charge in [-0.1, -0.05) is 37.3 Å². The van der Waals surface area contributed by atoms with E-state index < -0.39 is 6.10 Å². The summed E-state index contributed by atoms with van der Waals surface area (Å²) in [6.07, 6.45) is -0.625. The van der Waals surface area contributed by atoms with Crippen LogP contribution in [0.2, 0.25) is 0 Å². The van der Waals surface area contributed by atoms with Crippen LogP contribution in [-0.2, 0) is 7.05 Å². The van der Waals surface area contributed by atoms with Gasteiger partial charge in [0.2, 0.25) is 0 Å². The number of ketones is 1. The van der Waals surface area contributed by atoms with Crippen molar-refractivity contribution in [2.45, 2.75) is 39.8 Å². The number of hydrogen-bond acceptors (Lipinski definition) is 4. The summed E-state index contributed by atoms with van der Waals surface area (Å²) >= 11 is 0. The standard InChI is InChI=1S/C25H32N2O3/c1-15(14-26-17(3)25(29)19-10-8-7-9-11-19)24(28)20-12-13-21(30-6)23-22(20)16(2)18(4)27(23)5/h7-13,15,17,25-26,29H,14H2,1-6H3. The molecule has 0 saturated heterocycles. The fourth-order valence-corrected chi connectivity index (χ4v) is 4.03. The summed E-state index contributed by atoms with van der Waals surface area (Å²) in [5.41, 5.74) is 4.75. The van der Waals surface area contributed by atoms with Crippen molar-refractivity contribution in [2.75, 3.05) is 13.7 Å². The van der Waals surface area contributed by atoms with E-state index >= 15 is 0 Å². The lowest BCUT2D eigenvalue weighted by molar-refractivity contribution is 0.0913. The Hall–Kier alpha value is -2.63. The zero-order valence-corrected chi connectivity index (χ0v) is 18.7. The summed E-state index contributed by atoms with van der Waals surface area (Å²) in [6, 6.07) is 13.1. The molecule has 0 radical (unpaired) electrons. The van der Waals surface area contributed by atoms with E-state index in [9.17, 15) is 9.90 Å². The van der Waals surface area contributed by atoms with Gasteiger partial charge in [-0.05, 0) is 44.0 Å². The average molecular weight is 409 g/mol. The van der Waals surface area contributed by atoms with E-state index in [1.807, 2.05) is 63.4 Å². The Morgan fingerprint density at radius 1 is 1.13 bits per heavy atom. The van der Waals surface area contributed by atoms with Crippen molar-refractivity contribution < 1.29 is 14.6 Å². The van der Waals surface area contributed by atoms with Gasteiger partial charge in [-0.3, -0.25) is 4.79 Å². The number of rotatable bonds is 8. The number of ether oxygens (including phenoxy) is 1. The van der Waals surface area contributed by atoms with Gasteiger partial charge in [-0.25, -0.2) is 0 Å². The fourth-order valence-electron chi connectivity index (χ4n) is 4.03. The largest absolute Gasteiger partial charge is 0.495 e. The number of aromatic nitrogens is 1. The molecule has 0 aliphatic carbocycles. The molecule has 0 aliphatic heterocycles. The van der Waals surface area contributed by atoms with Gasteiger partial charge in [0.25, 0.3) is 0 Å². The summed E-state index contributed by atoms with van der Waals surface area (Å²) in [4.78, 5) is 13.3. The van der Waals surface area contributed by atoms with Crippen LogP contribution in [0.3, 0.4) is 0 Å². The molecule has 0 aliphatic rings. The van der Waals surface area contributed by atoms with Crippen molar-refractivity contribution in [2.24, 2.45) is 13.0 Å². The van der Waals surface area contributed by atoms with Gasteiger partial charge in [-0.15, -0.1) is 0 Å². The van der Waals surface area contributed by atoms with Crippen LogP contribution in [0, 0.1) is 19.8 Å². The molecule has 3 aromatic rings. The molecule has 2 aromatic carbocycles. The normalized spacial score (nSPS) is 14.5. The number of methoxy groups -OCH3 is 1. The van der Waals surface area contributed by atoms with Gasteiger partial charge in [-0.2, -0.15) is 0 Å². The monoisotopic (exact) mass is 408 g/mol. The second-order valence-corrected chi connectivity index (χ2v) is 8.13. The van der Waals surface area contributed by atoms with Crippen LogP contribution >= 0.6 is 0 Å². The molecule has 1 heterocycles. The second kappa shape index (κ2) is 9.02. The first-order chi connectivity index (χ1) is 14.3. The number of nitrogens with zero attached hydrogens (tertiary/aromatic N) is 1. The first-order valence-electron chi connectivity index (χ1n) is 10.4. The Morgan fingerprint density at radius 2 is 1.80 bits per heavy atom. The fraction of sp³-hybridized carbons (Fsp3) is 0.400. The highest BCUT2D eigenvalue weighted by atomic mass is 16.5. The number of fused-ring (bicyclic) bond motifs is 1. The van der Waals surface area contributed by atoms with E-state index in [0.29, 0.717) is 6.54 Å². The van der Waals surface area contributed by atoms with E-state index in [1.165, 1.54) is 0 Å². The van der Waals surface area contributed by atoms with Crippen molar-refractivity contribution >= 4 is 16.7 Å². The first kappa shape index (κ1) is 22.1. The SMILES string of the molecule is COc1ccc(C(=O)C(C)CNC(C)C(O)c2ccccc2)c2c(C)c(C)n(C)c12. The van der Waals surface area contributed by atoms with E-state index in [0.717, 1.165) is 39.0 Å². The minimum Gasteiger partial charge on any atom is -0.495 e. The molecule has 5 heteroatoms. The number of carbonyl (C=O) groups is 1. The van der Waals surface area contributed by atoms with Crippen molar-refractivity contribution in [3.63, 3.8) is 0 Å². The molecule has 0 spiro atoms. The molecule has 3 atom stereocenters. The highest BCUT2D eigenvalue weighted by molar-refractivity contribution is 6.11. The van der Waals surface area contributed by atoms with Crippen LogP contribution in [0.15, 0.2) is 42.5 Å². The molecule has 1 aromatic heterocycles. The molecule has 3 unspecified atom stereocenters. The lowest BCUT2D eigenvalue weighted by Gasteiger charge is -2.22. The van der Waals surface area contributed by atoms with Crippen LogP contribution < -0.4 is 10.1 Å². The van der Waals surface area contributed by atoms with Crippen molar-refractivity contribution in [1.29, 1.82) is 0 Å². The Labute approximate surface area is 178 Å². The Bertz CT molecular complexity index is 1040. The van der Waals surface area contributed by atoms with Crippen LogP contribution in [0.4, 0.5) is 0 Å². The minimum atomic E-state index is -0.625. The zero-order valence-electron chi connectivity index (χ0n) is 18.7. The number of aryl methyl sites for hydroxylation is 2. The molecule has 160 valence electrons. The topological polar surface area (TPSA) is 63.5 Å². The maximum Gasteiger partial charge on any atom is 0.167 e. The summed E-state index contributed by atoms with van der Waals surface area (Å²) in [5.74, 6) is 0.628. The molecular weight excluding hydrogens is 376 g/mol. The van der Waals surface area contributed by atoms with Gasteiger partial charge in [0.1, 0.15) is 5.75 Å². The maximum absolute atomic E-state index is 13.3. The molecule has 0 bridgehead atoms. The highest BCUT2D eigenvalue weighted by Gasteiger charge is 2.24. The number of hydrogen-bond donors (Lipinski definition) is 2. The minimum absolute atomic E-state index is 0.0882. The summed E-state index contributed by atoms with van der Waals surface area (Å²) in [5, 5.41) is 14.9. The Morgan fingerprint density at radius 3 is 2.43 bits per heavy atom. The highest BCUT2D eigenvalue weighted by Crippen LogP contribution is 2.35. The summed E-state index contributed by atoms with van der Waals surface area (Å²) < 4.78 is 7.63. The van der Waals surface area contributed by atoms with E-state index in [2.05, 4.69) is 23.7 Å². The van der Waals surface area contributed by atoms with Crippen LogP contribution in [-0.4, -0.2) is 35.2 Å². The molecule has 5 nitrogen and oxygen atoms in total. The number of aliphatic hydroxyl groups is 1. The predicted octanol–water partition coefficient (Wildman–Crippen LogP) is 4.33. The average Bonchev–Trinajstić information content (AvgIpc) is 3.00. The molecule has 0 amide bonds. The molecule has 30 heavy (non-hydrogen) atoms. The van der Waals surface area contributed by atoms with Gasteiger partial charge < -0.3 is 19.7 Å². The summed E-state index contributed by atoms with van der Waals surface area (Å²) in [6.45, 7) is 8.46. The second-order valence-electron chi connectivity index (χ2n) is 8.13. The third-order valence-electron chi connectivity index (χ3n) is 6.19. The third kappa shape index (κ3) is 4.00. The molecule has 0 saturated carbocycles. The van der Waals surface area contributed by atoms with Crippen molar-refractivity contribution in [3.8, 4) is 5.75 Å². The number of aliphatic hydroxyl groups excluding tert-OH is 1. The van der Waals surface area contributed by atoms with E-state index in [-0.39, 0.29) is 17.7 Å². The van der Waals surface area contributed by atoms with E-state index in [1.54, 1.807) is 7.11 Å². The van der Waals surface area contributed by atoms with Crippen molar-refractivity contribution in [1.82, 2.24) is 9.88 Å². The number of carbonyl (C=O) groups excluding carboxylic acids is 1. The van der Waals surface area contributed by atoms with Crippen LogP contribution in [0.1, 0.15) is 47.1 Å². The predicted molar refractivity (Wildman–Crippen MR) is 121 cm³/mol. The first-order valence-corrected chi connectivity index (χ1v) is 10.4. The third-order valence-corrected chi connectivity index (χ3v) is 6.19. The zero-order chi connectivity index (χ0) is 22.0. The van der Waals surface area contributed by atoms with Crippen LogP contribution in [0.5, 0.6) is 5.75 Å². The lowest BCUT2D eigenvalue weighted by Crippen LogP contribution is -2.37. The quantitative estimate of drug-likeness (QED) is 0.545. The van der Waals surface area contributed by atoms with Gasteiger partial charge in [0, 0.05) is 42.2 Å². The molecule has 2 N–H and O–H groups in total. The van der Waals surface area contributed by atoms with Gasteiger partial charge in [0.05, 0.1) is 18.7 Å².